The van der Waals surface area contributed by atoms with Gasteiger partial charge in [-0.1, -0.05) is 31.5 Å². The van der Waals surface area contributed by atoms with Gasteiger partial charge in [-0.3, -0.25) is 9.59 Å². The van der Waals surface area contributed by atoms with Gasteiger partial charge >= 0.3 is 0 Å². The monoisotopic (exact) mass is 344 g/mol. The van der Waals surface area contributed by atoms with Crippen LogP contribution in [0.25, 0.3) is 0 Å². The molecule has 2 rings (SSSR count). The minimum absolute atomic E-state index is 0.0584. The van der Waals surface area contributed by atoms with E-state index in [0.717, 1.165) is 11.3 Å². The van der Waals surface area contributed by atoms with Crippen LogP contribution >= 0.6 is 0 Å². The molecule has 1 aromatic carbocycles. The Hall–Kier alpha value is -2.76. The van der Waals surface area contributed by atoms with Gasteiger partial charge in [0.15, 0.2) is 5.76 Å². The van der Waals surface area contributed by atoms with Crippen LogP contribution in [0.1, 0.15) is 30.0 Å². The van der Waals surface area contributed by atoms with E-state index in [0.29, 0.717) is 13.2 Å². The predicted octanol–water partition coefficient (Wildman–Crippen LogP) is 2.54. The number of hydrogen-bond donors (Lipinski definition) is 2. The van der Waals surface area contributed by atoms with Crippen LogP contribution in [0.2, 0.25) is 0 Å². The lowest BCUT2D eigenvalue weighted by atomic mass is 10.0. The van der Waals surface area contributed by atoms with E-state index in [1.165, 1.54) is 6.26 Å². The van der Waals surface area contributed by atoms with Crippen molar-refractivity contribution in [1.29, 1.82) is 0 Å². The fourth-order valence-corrected chi connectivity index (χ4v) is 2.24. The largest absolute Gasteiger partial charge is 0.492 e. The molecule has 0 saturated carbocycles. The van der Waals surface area contributed by atoms with Crippen LogP contribution in [0.3, 0.4) is 0 Å². The number of hydrogen-bond acceptors (Lipinski definition) is 4. The SMILES string of the molecule is Cc1ccc(OCCNC(=O)[C@@H](NC(=O)c2ccco2)C(C)C)cc1. The zero-order valence-corrected chi connectivity index (χ0v) is 14.7. The van der Waals surface area contributed by atoms with Crippen molar-refractivity contribution in [3.05, 3.63) is 54.0 Å². The Morgan fingerprint density at radius 2 is 1.88 bits per heavy atom. The average molecular weight is 344 g/mol. The van der Waals surface area contributed by atoms with Gasteiger partial charge in [-0.15, -0.1) is 0 Å². The molecule has 0 saturated heterocycles. The van der Waals surface area contributed by atoms with Crippen molar-refractivity contribution in [3.63, 3.8) is 0 Å². The first-order valence-corrected chi connectivity index (χ1v) is 8.29. The van der Waals surface area contributed by atoms with Gasteiger partial charge in [-0.05, 0) is 37.1 Å². The maximum atomic E-state index is 12.3. The number of furan rings is 1. The molecule has 0 aliphatic carbocycles. The van der Waals surface area contributed by atoms with E-state index < -0.39 is 11.9 Å². The molecule has 6 heteroatoms. The number of nitrogens with one attached hydrogen (secondary N) is 2. The topological polar surface area (TPSA) is 80.6 Å². The normalized spacial score (nSPS) is 11.8. The molecule has 6 nitrogen and oxygen atoms in total. The smallest absolute Gasteiger partial charge is 0.287 e. The minimum atomic E-state index is -0.642. The molecule has 2 N–H and O–H groups in total. The summed E-state index contributed by atoms with van der Waals surface area (Å²) < 4.78 is 10.6. The Labute approximate surface area is 147 Å². The molecule has 25 heavy (non-hydrogen) atoms. The third-order valence-electron chi connectivity index (χ3n) is 3.67. The van der Waals surface area contributed by atoms with Crippen molar-refractivity contribution in [3.8, 4) is 5.75 Å². The molecule has 0 radical (unpaired) electrons. The Kier molecular flexibility index (Phi) is 6.62. The molecular weight excluding hydrogens is 320 g/mol. The van der Waals surface area contributed by atoms with Crippen molar-refractivity contribution in [1.82, 2.24) is 10.6 Å². The summed E-state index contributed by atoms with van der Waals surface area (Å²) in [7, 11) is 0. The van der Waals surface area contributed by atoms with Gasteiger partial charge in [0.05, 0.1) is 12.8 Å². The van der Waals surface area contributed by atoms with Crippen molar-refractivity contribution in [2.24, 2.45) is 5.92 Å². The Morgan fingerprint density at radius 1 is 1.16 bits per heavy atom. The van der Waals surface area contributed by atoms with Crippen LogP contribution in [-0.2, 0) is 4.79 Å². The summed E-state index contributed by atoms with van der Waals surface area (Å²) in [6.07, 6.45) is 1.42. The molecule has 134 valence electrons. The van der Waals surface area contributed by atoms with Crippen LogP contribution in [0.4, 0.5) is 0 Å². The highest BCUT2D eigenvalue weighted by molar-refractivity contribution is 5.95. The second kappa shape index (κ2) is 8.92. The number of amides is 2. The Balaban J connectivity index is 1.79. The standard InChI is InChI=1S/C19H24N2O4/c1-13(2)17(21-18(22)16-5-4-11-25-16)19(23)20-10-12-24-15-8-6-14(3)7-9-15/h4-9,11,13,17H,10,12H2,1-3H3,(H,20,23)(H,21,22)/t17-/m0/s1. The molecule has 0 fully saturated rings. The minimum Gasteiger partial charge on any atom is -0.492 e. The van der Waals surface area contributed by atoms with E-state index in [2.05, 4.69) is 10.6 Å². The summed E-state index contributed by atoms with van der Waals surface area (Å²) in [6, 6.07) is 10.2. The summed E-state index contributed by atoms with van der Waals surface area (Å²) in [4.78, 5) is 24.4. The second-order valence-corrected chi connectivity index (χ2v) is 6.12. The molecule has 1 atom stereocenters. The number of carbonyl (C=O) groups excluding carboxylic acids is 2. The van der Waals surface area contributed by atoms with Crippen LogP contribution in [0.5, 0.6) is 5.75 Å². The fourth-order valence-electron chi connectivity index (χ4n) is 2.24. The molecule has 2 amide bonds. The average Bonchev–Trinajstić information content (AvgIpc) is 3.12. The van der Waals surface area contributed by atoms with Gasteiger partial charge < -0.3 is 19.8 Å². The molecule has 1 heterocycles. The van der Waals surface area contributed by atoms with Gasteiger partial charge in [0.25, 0.3) is 5.91 Å². The Morgan fingerprint density at radius 3 is 2.48 bits per heavy atom. The van der Waals surface area contributed by atoms with Crippen LogP contribution < -0.4 is 15.4 Å². The molecule has 2 aromatic rings. The van der Waals surface area contributed by atoms with Crippen molar-refractivity contribution >= 4 is 11.8 Å². The van der Waals surface area contributed by atoms with Crippen LogP contribution in [0, 0.1) is 12.8 Å². The Bertz CT molecular complexity index is 678. The highest BCUT2D eigenvalue weighted by Gasteiger charge is 2.25. The third kappa shape index (κ3) is 5.67. The van der Waals surface area contributed by atoms with E-state index in [1.54, 1.807) is 12.1 Å². The van der Waals surface area contributed by atoms with E-state index in [9.17, 15) is 9.59 Å². The number of carbonyl (C=O) groups is 2. The lowest BCUT2D eigenvalue weighted by molar-refractivity contribution is -0.124. The summed E-state index contributed by atoms with van der Waals surface area (Å²) in [5.41, 5.74) is 1.16. The maximum Gasteiger partial charge on any atom is 0.287 e. The molecular formula is C19H24N2O4. The third-order valence-corrected chi connectivity index (χ3v) is 3.67. The lowest BCUT2D eigenvalue weighted by Gasteiger charge is -2.21. The number of aryl methyl sites for hydroxylation is 1. The molecule has 0 aliphatic rings. The highest BCUT2D eigenvalue weighted by Crippen LogP contribution is 2.11. The first-order valence-electron chi connectivity index (χ1n) is 8.29. The van der Waals surface area contributed by atoms with Crippen LogP contribution in [0.15, 0.2) is 47.1 Å². The van der Waals surface area contributed by atoms with E-state index in [1.807, 2.05) is 45.0 Å². The summed E-state index contributed by atoms with van der Waals surface area (Å²) in [6.45, 7) is 6.45. The summed E-state index contributed by atoms with van der Waals surface area (Å²) in [5, 5.41) is 5.49. The molecule has 0 unspecified atom stereocenters. The molecule has 0 aliphatic heterocycles. The molecule has 0 bridgehead atoms. The summed E-state index contributed by atoms with van der Waals surface area (Å²) >= 11 is 0. The van der Waals surface area contributed by atoms with Crippen molar-refractivity contribution < 1.29 is 18.7 Å². The first kappa shape index (κ1) is 18.6. The van der Waals surface area contributed by atoms with Gasteiger partial charge in [0.2, 0.25) is 5.91 Å². The van der Waals surface area contributed by atoms with Crippen molar-refractivity contribution in [2.75, 3.05) is 13.2 Å². The fraction of sp³-hybridized carbons (Fsp3) is 0.368. The highest BCUT2D eigenvalue weighted by atomic mass is 16.5. The molecule has 0 spiro atoms. The zero-order chi connectivity index (χ0) is 18.2. The van der Waals surface area contributed by atoms with E-state index in [4.69, 9.17) is 9.15 Å². The number of benzene rings is 1. The van der Waals surface area contributed by atoms with Gasteiger partial charge in [-0.2, -0.15) is 0 Å². The van der Waals surface area contributed by atoms with E-state index in [-0.39, 0.29) is 17.6 Å². The predicted molar refractivity (Wildman–Crippen MR) is 94.5 cm³/mol. The van der Waals surface area contributed by atoms with Crippen molar-refractivity contribution in [2.45, 2.75) is 26.8 Å². The zero-order valence-electron chi connectivity index (χ0n) is 14.7. The maximum absolute atomic E-state index is 12.3. The van der Waals surface area contributed by atoms with Gasteiger partial charge in [0.1, 0.15) is 18.4 Å². The van der Waals surface area contributed by atoms with Crippen LogP contribution in [-0.4, -0.2) is 31.0 Å². The number of ether oxygens (including phenoxy) is 1. The second-order valence-electron chi connectivity index (χ2n) is 6.12. The van der Waals surface area contributed by atoms with Gasteiger partial charge in [-0.25, -0.2) is 0 Å². The lowest BCUT2D eigenvalue weighted by Crippen LogP contribution is -2.50. The molecule has 1 aromatic heterocycles. The van der Waals surface area contributed by atoms with E-state index >= 15 is 0 Å². The first-order chi connectivity index (χ1) is 12.0. The number of rotatable bonds is 8. The van der Waals surface area contributed by atoms with Gasteiger partial charge in [0, 0.05) is 0 Å². The summed E-state index contributed by atoms with van der Waals surface area (Å²) in [5.74, 6) is 0.224. The quantitative estimate of drug-likeness (QED) is 0.721.